The Morgan fingerprint density at radius 3 is 1.50 bits per heavy atom. The number of fused-ring (bicyclic) bond motifs is 1. The van der Waals surface area contributed by atoms with Crippen LogP contribution in [0.1, 0.15) is 0 Å². The van der Waals surface area contributed by atoms with Crippen LogP contribution in [-0.4, -0.2) is 19.6 Å². The van der Waals surface area contributed by atoms with Crippen molar-refractivity contribution in [2.45, 2.75) is 0 Å². The fourth-order valence-corrected chi connectivity index (χ4v) is 1.55. The molecule has 6 heteroatoms. The first-order valence-electron chi connectivity index (χ1n) is 4.55. The molecule has 0 aliphatic heterocycles. The summed E-state index contributed by atoms with van der Waals surface area (Å²) in [6, 6.07) is 2.18. The van der Waals surface area contributed by atoms with Crippen molar-refractivity contribution in [2.75, 3.05) is 0 Å². The molecular formula is C10H10N2O4. The molecule has 84 valence electrons. The smallest absolute Gasteiger partial charge is 0.273 e. The van der Waals surface area contributed by atoms with Gasteiger partial charge < -0.3 is 10.2 Å². The van der Waals surface area contributed by atoms with Crippen molar-refractivity contribution in [2.24, 2.45) is 14.1 Å². The molecule has 2 rings (SSSR count). The minimum absolute atomic E-state index is 0.0842. The third-order valence-corrected chi connectivity index (χ3v) is 2.61. The Balaban J connectivity index is 3.16. The van der Waals surface area contributed by atoms with E-state index in [-0.39, 0.29) is 10.8 Å². The molecule has 0 amide bonds. The van der Waals surface area contributed by atoms with E-state index in [2.05, 4.69) is 0 Å². The van der Waals surface area contributed by atoms with Crippen LogP contribution in [0.25, 0.3) is 10.8 Å². The Hall–Kier alpha value is -2.24. The van der Waals surface area contributed by atoms with Gasteiger partial charge in [-0.15, -0.1) is 0 Å². The maximum absolute atomic E-state index is 11.8. The third-order valence-electron chi connectivity index (χ3n) is 2.61. The summed E-state index contributed by atoms with van der Waals surface area (Å²) in [5, 5.41) is 18.7. The van der Waals surface area contributed by atoms with Crippen LogP contribution in [0.15, 0.2) is 21.7 Å². The van der Waals surface area contributed by atoms with E-state index in [4.69, 9.17) is 0 Å². The molecule has 0 radical (unpaired) electrons. The lowest BCUT2D eigenvalue weighted by Gasteiger charge is -2.08. The zero-order valence-electron chi connectivity index (χ0n) is 8.76. The highest BCUT2D eigenvalue weighted by Gasteiger charge is 2.11. The molecule has 0 aliphatic rings. The normalized spacial score (nSPS) is 10.9. The Morgan fingerprint density at radius 1 is 0.875 bits per heavy atom. The second kappa shape index (κ2) is 3.13. The number of aromatic nitrogens is 2. The van der Waals surface area contributed by atoms with Crippen LogP contribution >= 0.6 is 0 Å². The van der Waals surface area contributed by atoms with E-state index in [9.17, 15) is 19.8 Å². The molecule has 0 saturated heterocycles. The fraction of sp³-hybridized carbons (Fsp3) is 0.200. The van der Waals surface area contributed by atoms with Crippen molar-refractivity contribution in [3.63, 3.8) is 0 Å². The van der Waals surface area contributed by atoms with Gasteiger partial charge in [-0.2, -0.15) is 0 Å². The first-order chi connectivity index (χ1) is 7.43. The Bertz CT molecular complexity index is 636. The highest BCUT2D eigenvalue weighted by Crippen LogP contribution is 2.26. The van der Waals surface area contributed by atoms with Crippen molar-refractivity contribution < 1.29 is 10.2 Å². The monoisotopic (exact) mass is 222 g/mol. The number of hydrogen-bond donors (Lipinski definition) is 2. The van der Waals surface area contributed by atoms with E-state index in [0.717, 1.165) is 21.5 Å². The fourth-order valence-electron chi connectivity index (χ4n) is 1.55. The summed E-state index contributed by atoms with van der Waals surface area (Å²) in [6.45, 7) is 0. The van der Waals surface area contributed by atoms with Crippen LogP contribution in [0.3, 0.4) is 0 Å². The van der Waals surface area contributed by atoms with Crippen LogP contribution in [0.5, 0.6) is 11.5 Å². The molecule has 1 aromatic heterocycles. The average Bonchev–Trinajstić information content (AvgIpc) is 2.26. The summed E-state index contributed by atoms with van der Waals surface area (Å²) in [6.07, 6.45) is 0. The number of phenolic OH excluding ortho intramolecular Hbond substituents is 2. The number of nitrogens with zero attached hydrogens (tertiary/aromatic N) is 2. The Labute approximate surface area is 89.6 Å². The van der Waals surface area contributed by atoms with Crippen LogP contribution in [0, 0.1) is 0 Å². The minimum atomic E-state index is -0.419. The molecule has 0 unspecified atom stereocenters. The van der Waals surface area contributed by atoms with Crippen LogP contribution in [0.4, 0.5) is 0 Å². The molecule has 1 aromatic carbocycles. The lowest BCUT2D eigenvalue weighted by atomic mass is 10.1. The molecule has 6 nitrogen and oxygen atoms in total. The molecular weight excluding hydrogens is 212 g/mol. The SMILES string of the molecule is Cn1c(=O)c2cc(O)c(O)cc2c(=O)n1C. The predicted octanol–water partition coefficient (Wildman–Crippen LogP) is -0.352. The minimum Gasteiger partial charge on any atom is -0.504 e. The van der Waals surface area contributed by atoms with E-state index in [1.165, 1.54) is 14.1 Å². The van der Waals surface area contributed by atoms with Gasteiger partial charge in [0.25, 0.3) is 11.1 Å². The molecule has 0 spiro atoms. The standard InChI is InChI=1S/C10H10N2O4/c1-11-9(15)5-3-7(13)8(14)4-6(5)10(16)12(11)2/h3-4,13-14H,1-2H3. The number of phenols is 2. The molecule has 16 heavy (non-hydrogen) atoms. The van der Waals surface area contributed by atoms with Gasteiger partial charge in [0, 0.05) is 14.1 Å². The second-order valence-electron chi connectivity index (χ2n) is 3.54. The van der Waals surface area contributed by atoms with E-state index in [1.807, 2.05) is 0 Å². The molecule has 0 fully saturated rings. The summed E-state index contributed by atoms with van der Waals surface area (Å²) >= 11 is 0. The van der Waals surface area contributed by atoms with Crippen molar-refractivity contribution >= 4 is 10.8 Å². The topological polar surface area (TPSA) is 84.5 Å². The van der Waals surface area contributed by atoms with E-state index < -0.39 is 22.6 Å². The maximum atomic E-state index is 11.8. The van der Waals surface area contributed by atoms with Gasteiger partial charge in [0.15, 0.2) is 11.5 Å². The average molecular weight is 222 g/mol. The summed E-state index contributed by atoms with van der Waals surface area (Å²) in [4.78, 5) is 23.6. The number of hydrogen-bond acceptors (Lipinski definition) is 4. The van der Waals surface area contributed by atoms with Crippen molar-refractivity contribution in [1.82, 2.24) is 9.36 Å². The van der Waals surface area contributed by atoms with Crippen molar-refractivity contribution in [1.29, 1.82) is 0 Å². The van der Waals surface area contributed by atoms with Crippen LogP contribution < -0.4 is 11.1 Å². The highest BCUT2D eigenvalue weighted by molar-refractivity contribution is 5.84. The van der Waals surface area contributed by atoms with Crippen molar-refractivity contribution in [3.05, 3.63) is 32.8 Å². The van der Waals surface area contributed by atoms with Gasteiger partial charge in [-0.1, -0.05) is 0 Å². The lowest BCUT2D eigenvalue weighted by Crippen LogP contribution is -2.34. The first-order valence-corrected chi connectivity index (χ1v) is 4.55. The van der Waals surface area contributed by atoms with Gasteiger partial charge in [0.05, 0.1) is 10.8 Å². The number of benzene rings is 1. The van der Waals surface area contributed by atoms with Gasteiger partial charge >= 0.3 is 0 Å². The highest BCUT2D eigenvalue weighted by atomic mass is 16.3. The summed E-state index contributed by atoms with van der Waals surface area (Å²) in [5.74, 6) is -0.837. The summed E-state index contributed by atoms with van der Waals surface area (Å²) in [5.41, 5.74) is -0.820. The molecule has 2 N–H and O–H groups in total. The molecule has 0 aliphatic carbocycles. The quantitative estimate of drug-likeness (QED) is 0.596. The largest absolute Gasteiger partial charge is 0.504 e. The van der Waals surface area contributed by atoms with E-state index >= 15 is 0 Å². The van der Waals surface area contributed by atoms with Gasteiger partial charge in [-0.05, 0) is 12.1 Å². The molecule has 0 bridgehead atoms. The van der Waals surface area contributed by atoms with Crippen molar-refractivity contribution in [3.8, 4) is 11.5 Å². The molecule has 0 saturated carbocycles. The van der Waals surface area contributed by atoms with Gasteiger partial charge in [0.2, 0.25) is 0 Å². The van der Waals surface area contributed by atoms with E-state index in [1.54, 1.807) is 0 Å². The third kappa shape index (κ3) is 1.19. The number of aromatic hydroxyl groups is 2. The summed E-state index contributed by atoms with van der Waals surface area (Å²) < 4.78 is 2.28. The zero-order chi connectivity index (χ0) is 12.0. The van der Waals surface area contributed by atoms with E-state index in [0.29, 0.717) is 0 Å². The lowest BCUT2D eigenvalue weighted by molar-refractivity contribution is 0.404. The van der Waals surface area contributed by atoms with Gasteiger partial charge in [0.1, 0.15) is 0 Å². The Kier molecular flexibility index (Phi) is 2.01. The molecule has 0 atom stereocenters. The van der Waals surface area contributed by atoms with Gasteiger partial charge in [-0.3, -0.25) is 19.0 Å². The van der Waals surface area contributed by atoms with Gasteiger partial charge in [-0.25, -0.2) is 0 Å². The maximum Gasteiger partial charge on any atom is 0.273 e. The second-order valence-corrected chi connectivity index (χ2v) is 3.54. The zero-order valence-corrected chi connectivity index (χ0v) is 8.76. The summed E-state index contributed by atoms with van der Waals surface area (Å²) in [7, 11) is 2.90. The number of rotatable bonds is 0. The first kappa shape index (κ1) is 10.3. The molecule has 2 aromatic rings. The molecule has 1 heterocycles. The Morgan fingerprint density at radius 2 is 1.19 bits per heavy atom. The predicted molar refractivity (Wildman–Crippen MR) is 57.8 cm³/mol. The van der Waals surface area contributed by atoms with Crippen LogP contribution in [0.2, 0.25) is 0 Å². The van der Waals surface area contributed by atoms with Crippen LogP contribution in [-0.2, 0) is 14.1 Å².